The molecule has 1 atom stereocenters. The molecule has 1 aromatic carbocycles. The van der Waals surface area contributed by atoms with Gasteiger partial charge in [0.05, 0.1) is 26.0 Å². The summed E-state index contributed by atoms with van der Waals surface area (Å²) in [5.41, 5.74) is 0.848. The van der Waals surface area contributed by atoms with Crippen LogP contribution >= 0.6 is 0 Å². The number of hydrogen-bond acceptors (Lipinski definition) is 5. The summed E-state index contributed by atoms with van der Waals surface area (Å²) in [7, 11) is -2.26. The Labute approximate surface area is 136 Å². The molecule has 1 aromatic heterocycles. The van der Waals surface area contributed by atoms with Crippen LogP contribution in [-0.2, 0) is 16.6 Å². The Bertz CT molecular complexity index is 742. The average molecular weight is 338 g/mol. The molecule has 0 spiro atoms. The predicted octanol–water partition coefficient (Wildman–Crippen LogP) is 1.60. The smallest absolute Gasteiger partial charge is 0.244 e. The number of nitrogens with one attached hydrogen (secondary N) is 1. The standard InChI is InChI=1S/C15H22N4O3S/c1-11(2)13(10-19-16-7-8-17-19)18-23(20,21)15-9-12(3)5-6-14(15)22-4/h5-9,11,13,18H,10H2,1-4H3. The number of hydrogen-bond donors (Lipinski definition) is 1. The van der Waals surface area contributed by atoms with E-state index < -0.39 is 10.0 Å². The molecule has 126 valence electrons. The summed E-state index contributed by atoms with van der Waals surface area (Å²) in [6.45, 7) is 6.10. The monoisotopic (exact) mass is 338 g/mol. The van der Waals surface area contributed by atoms with Gasteiger partial charge in [-0.05, 0) is 30.5 Å². The molecule has 23 heavy (non-hydrogen) atoms. The Kier molecular flexibility index (Phi) is 5.38. The van der Waals surface area contributed by atoms with Crippen molar-refractivity contribution in [1.29, 1.82) is 0 Å². The first-order chi connectivity index (χ1) is 10.8. The van der Waals surface area contributed by atoms with E-state index in [1.54, 1.807) is 24.5 Å². The first-order valence-corrected chi connectivity index (χ1v) is 8.83. The first-order valence-electron chi connectivity index (χ1n) is 7.34. The zero-order valence-corrected chi connectivity index (χ0v) is 14.5. The predicted molar refractivity (Wildman–Crippen MR) is 86.7 cm³/mol. The highest BCUT2D eigenvalue weighted by atomic mass is 32.2. The van der Waals surface area contributed by atoms with Crippen molar-refractivity contribution in [1.82, 2.24) is 19.7 Å². The van der Waals surface area contributed by atoms with Crippen molar-refractivity contribution in [2.24, 2.45) is 5.92 Å². The molecule has 1 heterocycles. The van der Waals surface area contributed by atoms with Crippen LogP contribution in [0.15, 0.2) is 35.5 Å². The van der Waals surface area contributed by atoms with Gasteiger partial charge in [0, 0.05) is 6.04 Å². The lowest BCUT2D eigenvalue weighted by Crippen LogP contribution is -2.42. The summed E-state index contributed by atoms with van der Waals surface area (Å²) < 4.78 is 33.5. The van der Waals surface area contributed by atoms with Gasteiger partial charge in [-0.15, -0.1) is 0 Å². The van der Waals surface area contributed by atoms with Crippen molar-refractivity contribution >= 4 is 10.0 Å². The molecule has 8 heteroatoms. The summed E-state index contributed by atoms with van der Waals surface area (Å²) in [5.74, 6) is 0.398. The SMILES string of the molecule is COc1ccc(C)cc1S(=O)(=O)NC(Cn1nccn1)C(C)C. The van der Waals surface area contributed by atoms with Gasteiger partial charge >= 0.3 is 0 Å². The molecule has 0 saturated carbocycles. The van der Waals surface area contributed by atoms with Gasteiger partial charge in [-0.1, -0.05) is 19.9 Å². The highest BCUT2D eigenvalue weighted by Gasteiger charge is 2.26. The van der Waals surface area contributed by atoms with Crippen molar-refractivity contribution in [3.63, 3.8) is 0 Å². The first kappa shape index (κ1) is 17.4. The minimum absolute atomic E-state index is 0.0755. The van der Waals surface area contributed by atoms with Crippen molar-refractivity contribution in [3.8, 4) is 5.75 Å². The number of sulfonamides is 1. The van der Waals surface area contributed by atoms with Gasteiger partial charge in [-0.3, -0.25) is 0 Å². The molecular formula is C15H22N4O3S. The second-order valence-corrected chi connectivity index (χ2v) is 7.39. The number of ether oxygens (including phenoxy) is 1. The Balaban J connectivity index is 2.29. The summed E-state index contributed by atoms with van der Waals surface area (Å²) in [6, 6.07) is 4.73. The highest BCUT2D eigenvalue weighted by Crippen LogP contribution is 2.25. The molecular weight excluding hydrogens is 316 g/mol. The van der Waals surface area contributed by atoms with Crippen LogP contribution in [0.2, 0.25) is 0 Å². The van der Waals surface area contributed by atoms with E-state index in [4.69, 9.17) is 4.74 Å². The molecule has 0 radical (unpaired) electrons. The lowest BCUT2D eigenvalue weighted by atomic mass is 10.1. The van der Waals surface area contributed by atoms with E-state index in [1.807, 2.05) is 26.8 Å². The molecule has 1 N–H and O–H groups in total. The Hall–Kier alpha value is -1.93. The van der Waals surface area contributed by atoms with E-state index in [0.29, 0.717) is 12.3 Å². The number of benzene rings is 1. The molecule has 0 amide bonds. The molecule has 1 unspecified atom stereocenters. The van der Waals surface area contributed by atoms with E-state index in [0.717, 1.165) is 5.56 Å². The quantitative estimate of drug-likeness (QED) is 0.829. The van der Waals surface area contributed by atoms with Crippen LogP contribution in [0.4, 0.5) is 0 Å². The summed E-state index contributed by atoms with van der Waals surface area (Å²) in [5, 5.41) is 8.07. The van der Waals surface area contributed by atoms with Gasteiger partial charge in [0.2, 0.25) is 10.0 Å². The number of aryl methyl sites for hydroxylation is 1. The molecule has 0 bridgehead atoms. The van der Waals surface area contributed by atoms with E-state index in [2.05, 4.69) is 14.9 Å². The van der Waals surface area contributed by atoms with Gasteiger partial charge in [-0.25, -0.2) is 13.1 Å². The van der Waals surface area contributed by atoms with Crippen LogP contribution < -0.4 is 9.46 Å². The number of aromatic nitrogens is 3. The van der Waals surface area contributed by atoms with Crippen LogP contribution in [0.3, 0.4) is 0 Å². The van der Waals surface area contributed by atoms with E-state index in [1.165, 1.54) is 11.9 Å². The lowest BCUT2D eigenvalue weighted by Gasteiger charge is -2.22. The fourth-order valence-electron chi connectivity index (χ4n) is 2.15. The third kappa shape index (κ3) is 4.29. The minimum atomic E-state index is -3.72. The molecule has 2 aromatic rings. The molecule has 0 aliphatic carbocycles. The summed E-state index contributed by atoms with van der Waals surface area (Å²) in [6.07, 6.45) is 3.13. The Morgan fingerprint density at radius 2 is 1.91 bits per heavy atom. The largest absolute Gasteiger partial charge is 0.495 e. The van der Waals surface area contributed by atoms with Crippen LogP contribution in [0, 0.1) is 12.8 Å². The van der Waals surface area contributed by atoms with E-state index >= 15 is 0 Å². The van der Waals surface area contributed by atoms with Gasteiger partial charge < -0.3 is 4.74 Å². The second kappa shape index (κ2) is 7.10. The van der Waals surface area contributed by atoms with Gasteiger partial charge in [0.25, 0.3) is 0 Å². The van der Waals surface area contributed by atoms with Gasteiger partial charge in [0.15, 0.2) is 0 Å². The maximum atomic E-state index is 12.8. The van der Waals surface area contributed by atoms with Crippen molar-refractivity contribution in [2.45, 2.75) is 38.3 Å². The fourth-order valence-corrected chi connectivity index (χ4v) is 3.78. The van der Waals surface area contributed by atoms with Crippen molar-refractivity contribution in [3.05, 3.63) is 36.2 Å². The maximum Gasteiger partial charge on any atom is 0.244 e. The fraction of sp³-hybridized carbons (Fsp3) is 0.467. The second-order valence-electron chi connectivity index (χ2n) is 5.71. The Morgan fingerprint density at radius 1 is 1.26 bits per heavy atom. The van der Waals surface area contributed by atoms with Crippen LogP contribution in [0.1, 0.15) is 19.4 Å². The topological polar surface area (TPSA) is 86.1 Å². The molecule has 7 nitrogen and oxygen atoms in total. The lowest BCUT2D eigenvalue weighted by molar-refractivity contribution is 0.360. The van der Waals surface area contributed by atoms with Gasteiger partial charge in [0.1, 0.15) is 10.6 Å². The molecule has 2 rings (SSSR count). The van der Waals surface area contributed by atoms with Crippen LogP contribution in [-0.4, -0.2) is 36.6 Å². The summed E-state index contributed by atoms with van der Waals surface area (Å²) in [4.78, 5) is 1.61. The Morgan fingerprint density at radius 3 is 2.48 bits per heavy atom. The van der Waals surface area contributed by atoms with Crippen molar-refractivity contribution < 1.29 is 13.2 Å². The zero-order valence-electron chi connectivity index (χ0n) is 13.7. The highest BCUT2D eigenvalue weighted by molar-refractivity contribution is 7.89. The molecule has 0 saturated heterocycles. The van der Waals surface area contributed by atoms with Crippen LogP contribution in [0.25, 0.3) is 0 Å². The zero-order chi connectivity index (χ0) is 17.0. The third-order valence-corrected chi connectivity index (χ3v) is 5.06. The number of rotatable bonds is 7. The number of methoxy groups -OCH3 is 1. The summed E-state index contributed by atoms with van der Waals surface area (Å²) >= 11 is 0. The third-order valence-electron chi connectivity index (χ3n) is 3.55. The van der Waals surface area contributed by atoms with Gasteiger partial charge in [-0.2, -0.15) is 15.0 Å². The van der Waals surface area contributed by atoms with Crippen LogP contribution in [0.5, 0.6) is 5.75 Å². The normalized spacial score (nSPS) is 13.3. The molecule has 0 fully saturated rings. The van der Waals surface area contributed by atoms with E-state index in [-0.39, 0.29) is 16.9 Å². The minimum Gasteiger partial charge on any atom is -0.495 e. The maximum absolute atomic E-state index is 12.8. The average Bonchev–Trinajstić information content (AvgIpc) is 2.99. The van der Waals surface area contributed by atoms with Crippen molar-refractivity contribution in [2.75, 3.05) is 7.11 Å². The van der Waals surface area contributed by atoms with E-state index in [9.17, 15) is 8.42 Å². The number of nitrogens with zero attached hydrogens (tertiary/aromatic N) is 3. The molecule has 0 aliphatic heterocycles. The molecule has 0 aliphatic rings.